The van der Waals surface area contributed by atoms with Gasteiger partial charge in [0.2, 0.25) is 11.8 Å². The fourth-order valence-electron chi connectivity index (χ4n) is 4.19. The average molecular weight is 494 g/mol. The van der Waals surface area contributed by atoms with Gasteiger partial charge < -0.3 is 4.42 Å². The Labute approximate surface area is 205 Å². The highest BCUT2D eigenvalue weighted by Crippen LogP contribution is 2.30. The van der Waals surface area contributed by atoms with E-state index in [2.05, 4.69) is 32.1 Å². The van der Waals surface area contributed by atoms with Crippen LogP contribution in [0.1, 0.15) is 23.7 Å². The number of rotatable bonds is 7. The molecule has 5 rings (SSSR count). The predicted molar refractivity (Wildman–Crippen MR) is 131 cm³/mol. The maximum absolute atomic E-state index is 13.5. The minimum Gasteiger partial charge on any atom is -0.419 e. The summed E-state index contributed by atoms with van der Waals surface area (Å²) in [6.07, 6.45) is 0. The van der Waals surface area contributed by atoms with E-state index in [-0.39, 0.29) is 17.5 Å². The van der Waals surface area contributed by atoms with E-state index in [1.807, 2.05) is 13.0 Å². The first kappa shape index (κ1) is 23.3. The quantitative estimate of drug-likeness (QED) is 0.252. The summed E-state index contributed by atoms with van der Waals surface area (Å²) in [5.74, 6) is 0.667. The molecular formula is C25H24FN5O3S. The van der Waals surface area contributed by atoms with E-state index in [0.29, 0.717) is 17.3 Å². The summed E-state index contributed by atoms with van der Waals surface area (Å²) in [5, 5.41) is 19.2. The van der Waals surface area contributed by atoms with E-state index in [1.54, 1.807) is 35.6 Å². The van der Waals surface area contributed by atoms with Gasteiger partial charge in [0, 0.05) is 60.2 Å². The minimum atomic E-state index is -0.438. The van der Waals surface area contributed by atoms with Crippen LogP contribution in [0.3, 0.4) is 0 Å². The predicted octanol–water partition coefficient (Wildman–Crippen LogP) is 5.39. The lowest BCUT2D eigenvalue weighted by atomic mass is 10.2. The third-order valence-electron chi connectivity index (χ3n) is 6.23. The Hall–Kier alpha value is -3.47. The van der Waals surface area contributed by atoms with Crippen molar-refractivity contribution in [3.05, 3.63) is 87.4 Å². The number of thiophene rings is 1. The van der Waals surface area contributed by atoms with Crippen LogP contribution in [0, 0.1) is 15.9 Å². The number of hydrogen-bond donors (Lipinski definition) is 0. The SMILES string of the molecule is CC(c1nnc(-c2ccc([N+](=O)[O-])cc2)o1)N1CCN(Cc2ccc(-c3cccc(F)c3)s2)CC1. The molecule has 8 nitrogen and oxygen atoms in total. The first-order valence-corrected chi connectivity index (χ1v) is 12.2. The summed E-state index contributed by atoms with van der Waals surface area (Å²) in [6, 6.07) is 16.9. The van der Waals surface area contributed by atoms with Gasteiger partial charge in [0.1, 0.15) is 5.82 Å². The first-order chi connectivity index (χ1) is 17.0. The molecular weight excluding hydrogens is 469 g/mol. The number of hydrogen-bond acceptors (Lipinski definition) is 8. The monoisotopic (exact) mass is 493 g/mol. The normalized spacial score (nSPS) is 15.8. The van der Waals surface area contributed by atoms with Gasteiger partial charge in [-0.15, -0.1) is 21.5 Å². The topological polar surface area (TPSA) is 88.5 Å². The number of aromatic nitrogens is 2. The Kier molecular flexibility index (Phi) is 6.67. The van der Waals surface area contributed by atoms with Crippen molar-refractivity contribution in [3.8, 4) is 21.9 Å². The number of benzene rings is 2. The number of halogens is 1. The van der Waals surface area contributed by atoms with Crippen molar-refractivity contribution in [2.75, 3.05) is 26.2 Å². The summed E-state index contributed by atoms with van der Waals surface area (Å²) >= 11 is 1.70. The zero-order valence-corrected chi connectivity index (χ0v) is 19.9. The van der Waals surface area contributed by atoms with Crippen molar-refractivity contribution < 1.29 is 13.7 Å². The number of piperazine rings is 1. The average Bonchev–Trinajstić information content (AvgIpc) is 3.55. The Bertz CT molecular complexity index is 1310. The summed E-state index contributed by atoms with van der Waals surface area (Å²) in [5.41, 5.74) is 1.58. The van der Waals surface area contributed by atoms with Crippen LogP contribution in [0.5, 0.6) is 0 Å². The summed E-state index contributed by atoms with van der Waals surface area (Å²) in [7, 11) is 0. The van der Waals surface area contributed by atoms with Crippen molar-refractivity contribution in [2.45, 2.75) is 19.5 Å². The number of nitro groups is 1. The highest BCUT2D eigenvalue weighted by Gasteiger charge is 2.26. The van der Waals surface area contributed by atoms with Crippen LogP contribution in [0.25, 0.3) is 21.9 Å². The molecule has 1 aliphatic heterocycles. The highest BCUT2D eigenvalue weighted by molar-refractivity contribution is 7.15. The molecule has 1 saturated heterocycles. The molecule has 2 aromatic carbocycles. The zero-order chi connectivity index (χ0) is 24.4. The second-order valence-corrected chi connectivity index (χ2v) is 9.68. The van der Waals surface area contributed by atoms with E-state index in [1.165, 1.54) is 23.1 Å². The minimum absolute atomic E-state index is 0.0208. The molecule has 2 aromatic heterocycles. The maximum Gasteiger partial charge on any atom is 0.269 e. The Balaban J connectivity index is 1.16. The zero-order valence-electron chi connectivity index (χ0n) is 19.1. The van der Waals surface area contributed by atoms with Crippen LogP contribution in [-0.4, -0.2) is 51.1 Å². The van der Waals surface area contributed by atoms with Crippen molar-refractivity contribution >= 4 is 17.0 Å². The number of nitrogens with zero attached hydrogens (tertiary/aromatic N) is 5. The second-order valence-electron chi connectivity index (χ2n) is 8.51. The van der Waals surface area contributed by atoms with E-state index in [9.17, 15) is 14.5 Å². The first-order valence-electron chi connectivity index (χ1n) is 11.4. The lowest BCUT2D eigenvalue weighted by Gasteiger charge is -2.36. The van der Waals surface area contributed by atoms with E-state index < -0.39 is 4.92 Å². The van der Waals surface area contributed by atoms with Crippen LogP contribution >= 0.6 is 11.3 Å². The van der Waals surface area contributed by atoms with Crippen LogP contribution in [0.4, 0.5) is 10.1 Å². The molecule has 4 aromatic rings. The molecule has 1 atom stereocenters. The molecule has 3 heterocycles. The third kappa shape index (κ3) is 5.29. The van der Waals surface area contributed by atoms with Gasteiger partial charge in [0.05, 0.1) is 11.0 Å². The highest BCUT2D eigenvalue weighted by atomic mass is 32.1. The summed E-state index contributed by atoms with van der Waals surface area (Å²) in [6.45, 7) is 6.50. The fourth-order valence-corrected chi connectivity index (χ4v) is 5.24. The van der Waals surface area contributed by atoms with E-state index in [4.69, 9.17) is 4.42 Å². The second kappa shape index (κ2) is 10.0. The van der Waals surface area contributed by atoms with Crippen molar-refractivity contribution in [1.82, 2.24) is 20.0 Å². The number of non-ortho nitro benzene ring substituents is 1. The van der Waals surface area contributed by atoms with Gasteiger partial charge in [-0.25, -0.2) is 4.39 Å². The summed E-state index contributed by atoms with van der Waals surface area (Å²) < 4.78 is 19.4. The molecule has 0 saturated carbocycles. The Morgan fingerprint density at radius 1 is 1.06 bits per heavy atom. The van der Waals surface area contributed by atoms with Gasteiger partial charge in [-0.2, -0.15) is 0 Å². The molecule has 10 heteroatoms. The van der Waals surface area contributed by atoms with Crippen LogP contribution in [-0.2, 0) is 6.54 Å². The maximum atomic E-state index is 13.5. The van der Waals surface area contributed by atoms with Crippen LogP contribution in [0.2, 0.25) is 0 Å². The van der Waals surface area contributed by atoms with Crippen molar-refractivity contribution in [3.63, 3.8) is 0 Å². The van der Waals surface area contributed by atoms with Gasteiger partial charge in [0.25, 0.3) is 5.69 Å². The molecule has 0 N–H and O–H groups in total. The van der Waals surface area contributed by atoms with Gasteiger partial charge in [-0.05, 0) is 48.9 Å². The lowest BCUT2D eigenvalue weighted by Crippen LogP contribution is -2.46. The van der Waals surface area contributed by atoms with E-state index >= 15 is 0 Å². The largest absolute Gasteiger partial charge is 0.419 e. The standard InChI is InChI=1S/C25H24FN5O3S/c1-17(24-27-28-25(34-24)18-5-7-21(8-6-18)31(32)33)30-13-11-29(12-14-30)16-22-9-10-23(35-22)19-3-2-4-20(26)15-19/h2-10,15,17H,11-14,16H2,1H3. The molecule has 0 radical (unpaired) electrons. The van der Waals surface area contributed by atoms with Gasteiger partial charge >= 0.3 is 0 Å². The lowest BCUT2D eigenvalue weighted by molar-refractivity contribution is -0.384. The van der Waals surface area contributed by atoms with Gasteiger partial charge in [0.15, 0.2) is 0 Å². The van der Waals surface area contributed by atoms with Crippen LogP contribution in [0.15, 0.2) is 65.1 Å². The number of nitro benzene ring substituents is 1. The molecule has 0 amide bonds. The smallest absolute Gasteiger partial charge is 0.269 e. The van der Waals surface area contributed by atoms with Gasteiger partial charge in [-0.1, -0.05) is 12.1 Å². The summed E-state index contributed by atoms with van der Waals surface area (Å²) in [4.78, 5) is 17.5. The Morgan fingerprint density at radius 2 is 1.83 bits per heavy atom. The van der Waals surface area contributed by atoms with E-state index in [0.717, 1.165) is 43.2 Å². The Morgan fingerprint density at radius 3 is 2.54 bits per heavy atom. The van der Waals surface area contributed by atoms with Gasteiger partial charge in [-0.3, -0.25) is 19.9 Å². The molecule has 0 bridgehead atoms. The molecule has 180 valence electrons. The third-order valence-corrected chi connectivity index (χ3v) is 7.35. The molecule has 1 unspecified atom stereocenters. The molecule has 1 fully saturated rings. The fraction of sp³-hybridized carbons (Fsp3) is 0.280. The van der Waals surface area contributed by atoms with Crippen LogP contribution < -0.4 is 0 Å². The molecule has 0 spiro atoms. The molecule has 1 aliphatic rings. The molecule has 0 aliphatic carbocycles. The molecule has 35 heavy (non-hydrogen) atoms. The van der Waals surface area contributed by atoms with Crippen molar-refractivity contribution in [2.24, 2.45) is 0 Å². The van der Waals surface area contributed by atoms with Crippen molar-refractivity contribution in [1.29, 1.82) is 0 Å².